The zero-order chi connectivity index (χ0) is 15.6. The van der Waals surface area contributed by atoms with Gasteiger partial charge in [-0.1, -0.05) is 23.8 Å². The number of anilines is 1. The van der Waals surface area contributed by atoms with Crippen molar-refractivity contribution in [2.24, 2.45) is 5.73 Å². The molecule has 0 heterocycles. The Kier molecular flexibility index (Phi) is 4.69. The van der Waals surface area contributed by atoms with E-state index in [4.69, 9.17) is 18.0 Å². The summed E-state index contributed by atoms with van der Waals surface area (Å²) in [6.45, 7) is 1.89. The number of benzene rings is 2. The molecule has 2 rings (SSSR count). The average Bonchev–Trinajstić information content (AvgIpc) is 2.43. The smallest absolute Gasteiger partial charge is 0.256 e. The highest BCUT2D eigenvalue weighted by Crippen LogP contribution is 2.22. The number of carbonyl (C=O) groups is 1. The maximum absolute atomic E-state index is 13.2. The lowest BCUT2D eigenvalue weighted by Crippen LogP contribution is -2.18. The van der Waals surface area contributed by atoms with Crippen molar-refractivity contribution in [3.05, 3.63) is 63.4 Å². The number of halogens is 2. The molecule has 0 aliphatic carbocycles. The van der Waals surface area contributed by atoms with Crippen molar-refractivity contribution in [3.63, 3.8) is 0 Å². The van der Waals surface area contributed by atoms with Gasteiger partial charge < -0.3 is 11.1 Å². The molecule has 0 bridgehead atoms. The second-order valence-corrected chi connectivity index (χ2v) is 5.79. The summed E-state index contributed by atoms with van der Waals surface area (Å²) < 4.78 is 13.9. The first-order valence-corrected chi connectivity index (χ1v) is 7.25. The molecule has 0 spiro atoms. The molecule has 3 nitrogen and oxygen atoms in total. The van der Waals surface area contributed by atoms with Gasteiger partial charge in [0.05, 0.1) is 11.3 Å². The van der Waals surface area contributed by atoms with Crippen LogP contribution in [-0.4, -0.2) is 10.9 Å². The third-order valence-electron chi connectivity index (χ3n) is 2.86. The molecule has 2 aromatic rings. The molecule has 0 saturated carbocycles. The number of rotatable bonds is 3. The fourth-order valence-electron chi connectivity index (χ4n) is 1.83. The largest absolute Gasteiger partial charge is 0.389 e. The Morgan fingerprint density at radius 1 is 1.24 bits per heavy atom. The van der Waals surface area contributed by atoms with Crippen molar-refractivity contribution >= 4 is 44.7 Å². The third kappa shape index (κ3) is 3.65. The lowest BCUT2D eigenvalue weighted by atomic mass is 10.1. The topological polar surface area (TPSA) is 55.1 Å². The van der Waals surface area contributed by atoms with E-state index < -0.39 is 5.82 Å². The molecule has 108 valence electrons. The summed E-state index contributed by atoms with van der Waals surface area (Å²) in [5.41, 5.74) is 7.66. The van der Waals surface area contributed by atoms with Gasteiger partial charge in [0, 0.05) is 10.0 Å². The van der Waals surface area contributed by atoms with Crippen molar-refractivity contribution < 1.29 is 9.18 Å². The molecule has 2 aromatic carbocycles. The Morgan fingerprint density at radius 2 is 1.95 bits per heavy atom. The van der Waals surface area contributed by atoms with Crippen molar-refractivity contribution in [3.8, 4) is 0 Å². The summed E-state index contributed by atoms with van der Waals surface area (Å²) >= 11 is 8.21. The Morgan fingerprint density at radius 3 is 2.62 bits per heavy atom. The first-order chi connectivity index (χ1) is 9.88. The van der Waals surface area contributed by atoms with Gasteiger partial charge in [-0.2, -0.15) is 0 Å². The predicted molar refractivity (Wildman–Crippen MR) is 89.1 cm³/mol. The van der Waals surface area contributed by atoms with Gasteiger partial charge in [0.25, 0.3) is 5.91 Å². The zero-order valence-electron chi connectivity index (χ0n) is 11.1. The highest BCUT2D eigenvalue weighted by molar-refractivity contribution is 9.10. The second kappa shape index (κ2) is 6.32. The summed E-state index contributed by atoms with van der Waals surface area (Å²) in [6, 6.07) is 9.31. The fraction of sp³-hybridized carbons (Fsp3) is 0.0667. The van der Waals surface area contributed by atoms with Gasteiger partial charge in [-0.3, -0.25) is 4.79 Å². The first kappa shape index (κ1) is 15.6. The number of thiocarbonyl (C=S) groups is 1. The SMILES string of the molecule is Cc1ccc(Br)c(C(=O)Nc2ccc(F)cc2C(N)=S)c1. The van der Waals surface area contributed by atoms with Gasteiger partial charge in [0.15, 0.2) is 0 Å². The molecule has 1 amide bonds. The maximum Gasteiger partial charge on any atom is 0.256 e. The highest BCUT2D eigenvalue weighted by Gasteiger charge is 2.14. The number of nitrogens with one attached hydrogen (secondary N) is 1. The normalized spacial score (nSPS) is 10.2. The minimum absolute atomic E-state index is 0.0214. The zero-order valence-corrected chi connectivity index (χ0v) is 13.5. The highest BCUT2D eigenvalue weighted by atomic mass is 79.9. The van der Waals surface area contributed by atoms with Gasteiger partial charge in [-0.25, -0.2) is 4.39 Å². The van der Waals surface area contributed by atoms with E-state index in [0.717, 1.165) is 5.56 Å². The monoisotopic (exact) mass is 366 g/mol. The van der Waals surface area contributed by atoms with Crippen molar-refractivity contribution in [2.45, 2.75) is 6.92 Å². The molecule has 0 fully saturated rings. The molecule has 0 radical (unpaired) electrons. The van der Waals surface area contributed by atoms with E-state index in [-0.39, 0.29) is 10.9 Å². The molecule has 6 heteroatoms. The minimum Gasteiger partial charge on any atom is -0.389 e. The van der Waals surface area contributed by atoms with Crippen LogP contribution < -0.4 is 11.1 Å². The van der Waals surface area contributed by atoms with Gasteiger partial charge >= 0.3 is 0 Å². The first-order valence-electron chi connectivity index (χ1n) is 6.05. The predicted octanol–water partition coefficient (Wildman–Crippen LogP) is 3.78. The second-order valence-electron chi connectivity index (χ2n) is 4.49. The molecule has 21 heavy (non-hydrogen) atoms. The molecular weight excluding hydrogens is 355 g/mol. The Hall–Kier alpha value is -1.79. The standard InChI is InChI=1S/C15H12BrFN2OS/c1-8-2-4-12(16)10(6-8)15(20)19-13-5-3-9(17)7-11(13)14(18)21/h2-7H,1H3,(H2,18,21)(H,19,20). The van der Waals surface area contributed by atoms with E-state index in [9.17, 15) is 9.18 Å². The molecule has 0 aliphatic heterocycles. The summed E-state index contributed by atoms with van der Waals surface area (Å²) in [5, 5.41) is 2.70. The quantitative estimate of drug-likeness (QED) is 0.812. The number of hydrogen-bond donors (Lipinski definition) is 2. The van der Waals surface area contributed by atoms with Crippen molar-refractivity contribution in [1.82, 2.24) is 0 Å². The van der Waals surface area contributed by atoms with E-state index in [0.29, 0.717) is 21.3 Å². The fourth-order valence-corrected chi connectivity index (χ4v) is 2.43. The average molecular weight is 367 g/mol. The van der Waals surface area contributed by atoms with Crippen LogP contribution in [0.1, 0.15) is 21.5 Å². The van der Waals surface area contributed by atoms with Gasteiger partial charge in [-0.05, 0) is 53.2 Å². The number of aryl methyl sites for hydroxylation is 1. The van der Waals surface area contributed by atoms with Crippen LogP contribution in [0.2, 0.25) is 0 Å². The Labute approximate surface area is 135 Å². The Bertz CT molecular complexity index is 734. The lowest BCUT2D eigenvalue weighted by molar-refractivity contribution is 0.102. The Balaban J connectivity index is 2.36. The summed E-state index contributed by atoms with van der Waals surface area (Å²) in [6.07, 6.45) is 0. The molecule has 0 unspecified atom stereocenters. The van der Waals surface area contributed by atoms with Gasteiger partial charge in [0.1, 0.15) is 10.8 Å². The molecule has 0 aliphatic rings. The van der Waals surface area contributed by atoms with Crippen LogP contribution in [0.4, 0.5) is 10.1 Å². The molecule has 0 atom stereocenters. The van der Waals surface area contributed by atoms with Gasteiger partial charge in [0.2, 0.25) is 0 Å². The lowest BCUT2D eigenvalue weighted by Gasteiger charge is -2.11. The summed E-state index contributed by atoms with van der Waals surface area (Å²) in [4.78, 5) is 12.3. The van der Waals surface area contributed by atoms with E-state index in [1.165, 1.54) is 18.2 Å². The van der Waals surface area contributed by atoms with Crippen LogP contribution in [-0.2, 0) is 0 Å². The van der Waals surface area contributed by atoms with E-state index >= 15 is 0 Å². The van der Waals surface area contributed by atoms with Crippen molar-refractivity contribution in [1.29, 1.82) is 0 Å². The molecule has 0 saturated heterocycles. The molecular formula is C15H12BrFN2OS. The van der Waals surface area contributed by atoms with Crippen LogP contribution in [0.3, 0.4) is 0 Å². The third-order valence-corrected chi connectivity index (χ3v) is 3.77. The van der Waals surface area contributed by atoms with Crippen LogP contribution in [0.15, 0.2) is 40.9 Å². The van der Waals surface area contributed by atoms with Crippen LogP contribution in [0.25, 0.3) is 0 Å². The van der Waals surface area contributed by atoms with E-state index in [1.54, 1.807) is 12.1 Å². The molecule has 3 N–H and O–H groups in total. The van der Waals surface area contributed by atoms with E-state index in [2.05, 4.69) is 21.2 Å². The molecule has 0 aromatic heterocycles. The number of carbonyl (C=O) groups excluding carboxylic acids is 1. The van der Waals surface area contributed by atoms with Crippen LogP contribution in [0.5, 0.6) is 0 Å². The van der Waals surface area contributed by atoms with Gasteiger partial charge in [-0.15, -0.1) is 0 Å². The minimum atomic E-state index is -0.465. The van der Waals surface area contributed by atoms with Crippen LogP contribution >= 0.6 is 28.1 Å². The van der Waals surface area contributed by atoms with E-state index in [1.807, 2.05) is 13.0 Å². The summed E-state index contributed by atoms with van der Waals surface area (Å²) in [5.74, 6) is -0.790. The number of nitrogens with two attached hydrogens (primary N) is 1. The number of amides is 1. The maximum atomic E-state index is 13.2. The van der Waals surface area contributed by atoms with Crippen LogP contribution in [0, 0.1) is 12.7 Å². The number of hydrogen-bond acceptors (Lipinski definition) is 2. The van der Waals surface area contributed by atoms with Crippen molar-refractivity contribution in [2.75, 3.05) is 5.32 Å². The summed E-state index contributed by atoms with van der Waals surface area (Å²) in [7, 11) is 0.